The van der Waals surface area contributed by atoms with Gasteiger partial charge in [-0.2, -0.15) is 0 Å². The SMILES string of the molecule is OC1OC2CCC1(O)OC2. The van der Waals surface area contributed by atoms with E-state index in [1.807, 2.05) is 0 Å². The Kier molecular flexibility index (Phi) is 1.25. The van der Waals surface area contributed by atoms with Crippen molar-refractivity contribution < 1.29 is 19.7 Å². The molecule has 0 radical (unpaired) electrons. The van der Waals surface area contributed by atoms with E-state index in [4.69, 9.17) is 14.6 Å². The lowest BCUT2D eigenvalue weighted by Crippen LogP contribution is -2.58. The number of rotatable bonds is 0. The van der Waals surface area contributed by atoms with Crippen LogP contribution >= 0.6 is 0 Å². The summed E-state index contributed by atoms with van der Waals surface area (Å²) in [5, 5.41) is 18.5. The first-order chi connectivity index (χ1) is 4.71. The summed E-state index contributed by atoms with van der Waals surface area (Å²) in [6, 6.07) is 0. The van der Waals surface area contributed by atoms with E-state index in [1.165, 1.54) is 0 Å². The fraction of sp³-hybridized carbons (Fsp3) is 1.00. The lowest BCUT2D eigenvalue weighted by atomic mass is 10.00. The highest BCUT2D eigenvalue weighted by Gasteiger charge is 2.48. The molecule has 0 saturated carbocycles. The zero-order valence-corrected chi connectivity index (χ0v) is 5.49. The van der Waals surface area contributed by atoms with E-state index in [-0.39, 0.29) is 6.10 Å². The monoisotopic (exact) mass is 146 g/mol. The summed E-state index contributed by atoms with van der Waals surface area (Å²) in [5.41, 5.74) is 0. The lowest BCUT2D eigenvalue weighted by molar-refractivity contribution is -0.403. The van der Waals surface area contributed by atoms with E-state index >= 15 is 0 Å². The highest BCUT2D eigenvalue weighted by atomic mass is 16.7. The van der Waals surface area contributed by atoms with Gasteiger partial charge in [0, 0.05) is 6.42 Å². The topological polar surface area (TPSA) is 58.9 Å². The molecule has 0 spiro atoms. The second kappa shape index (κ2) is 1.92. The summed E-state index contributed by atoms with van der Waals surface area (Å²) in [6.45, 7) is 0.396. The molecule has 3 saturated heterocycles. The average Bonchev–Trinajstić information content (AvgIpc) is 1.92. The van der Waals surface area contributed by atoms with E-state index in [0.29, 0.717) is 13.0 Å². The normalized spacial score (nSPS) is 53.4. The van der Waals surface area contributed by atoms with Crippen molar-refractivity contribution in [3.05, 3.63) is 0 Å². The van der Waals surface area contributed by atoms with Gasteiger partial charge in [-0.1, -0.05) is 0 Å². The summed E-state index contributed by atoms with van der Waals surface area (Å²) in [5.74, 6) is -1.42. The third kappa shape index (κ3) is 0.769. The van der Waals surface area contributed by atoms with Crippen LogP contribution in [0.2, 0.25) is 0 Å². The van der Waals surface area contributed by atoms with Crippen molar-refractivity contribution >= 4 is 0 Å². The average molecular weight is 146 g/mol. The highest BCUT2D eigenvalue weighted by Crippen LogP contribution is 2.34. The zero-order valence-electron chi connectivity index (χ0n) is 5.49. The molecule has 4 nitrogen and oxygen atoms in total. The second-order valence-electron chi connectivity index (χ2n) is 2.80. The maximum atomic E-state index is 9.39. The molecule has 3 fully saturated rings. The molecule has 2 N–H and O–H groups in total. The Hall–Kier alpha value is -0.160. The zero-order chi connectivity index (χ0) is 7.19. The van der Waals surface area contributed by atoms with Crippen molar-refractivity contribution in [3.8, 4) is 0 Å². The minimum absolute atomic E-state index is 0.0241. The molecule has 3 aliphatic rings. The molecule has 3 rings (SSSR count). The number of aliphatic hydroxyl groups is 2. The summed E-state index contributed by atoms with van der Waals surface area (Å²) in [7, 11) is 0. The smallest absolute Gasteiger partial charge is 0.218 e. The molecule has 0 aromatic heterocycles. The maximum absolute atomic E-state index is 9.39. The second-order valence-corrected chi connectivity index (χ2v) is 2.80. The maximum Gasteiger partial charge on any atom is 0.218 e. The van der Waals surface area contributed by atoms with E-state index < -0.39 is 12.1 Å². The first-order valence-electron chi connectivity index (χ1n) is 3.40. The van der Waals surface area contributed by atoms with Crippen molar-refractivity contribution in [1.29, 1.82) is 0 Å². The van der Waals surface area contributed by atoms with Gasteiger partial charge in [0.2, 0.25) is 12.1 Å². The van der Waals surface area contributed by atoms with E-state index in [1.54, 1.807) is 0 Å². The molecule has 58 valence electrons. The van der Waals surface area contributed by atoms with Crippen LogP contribution < -0.4 is 0 Å². The Bertz CT molecular complexity index is 139. The summed E-state index contributed by atoms with van der Waals surface area (Å²) in [6.07, 6.45) is 0.0656. The fourth-order valence-corrected chi connectivity index (χ4v) is 1.35. The summed E-state index contributed by atoms with van der Waals surface area (Å²) < 4.78 is 9.93. The van der Waals surface area contributed by atoms with Gasteiger partial charge in [0.15, 0.2) is 0 Å². The standard InChI is InChI=1S/C6H10O4/c7-5-6(8)2-1-4(10-5)3-9-6/h4-5,7-8H,1-3H2. The van der Waals surface area contributed by atoms with Crippen LogP contribution in [0, 0.1) is 0 Å². The molecule has 10 heavy (non-hydrogen) atoms. The van der Waals surface area contributed by atoms with Gasteiger partial charge in [0.05, 0.1) is 12.7 Å². The quantitative estimate of drug-likeness (QED) is 0.470. The van der Waals surface area contributed by atoms with Crippen LogP contribution in [0.4, 0.5) is 0 Å². The molecule has 0 amide bonds. The molecule has 0 aliphatic carbocycles. The van der Waals surface area contributed by atoms with Gasteiger partial charge in [-0.3, -0.25) is 0 Å². The fourth-order valence-electron chi connectivity index (χ4n) is 1.35. The predicted octanol–water partition coefficient (Wildman–Crippen LogP) is -0.797. The number of hydrogen-bond acceptors (Lipinski definition) is 4. The largest absolute Gasteiger partial charge is 0.364 e. The van der Waals surface area contributed by atoms with Crippen molar-refractivity contribution in [2.45, 2.75) is 31.0 Å². The van der Waals surface area contributed by atoms with Gasteiger partial charge < -0.3 is 19.7 Å². The van der Waals surface area contributed by atoms with Crippen molar-refractivity contribution in [1.82, 2.24) is 0 Å². The van der Waals surface area contributed by atoms with Crippen LogP contribution in [0.15, 0.2) is 0 Å². The van der Waals surface area contributed by atoms with E-state index in [0.717, 1.165) is 6.42 Å². The van der Waals surface area contributed by atoms with Crippen LogP contribution in [0.3, 0.4) is 0 Å². The Morgan fingerprint density at radius 1 is 1.50 bits per heavy atom. The molecule has 3 unspecified atom stereocenters. The summed E-state index contributed by atoms with van der Waals surface area (Å²) >= 11 is 0. The molecule has 0 aromatic rings. The van der Waals surface area contributed by atoms with Crippen LogP contribution in [0.1, 0.15) is 12.8 Å². The molecule has 3 aliphatic heterocycles. The molecular formula is C6H10O4. The lowest BCUT2D eigenvalue weighted by Gasteiger charge is -2.45. The van der Waals surface area contributed by atoms with E-state index in [9.17, 15) is 5.11 Å². The van der Waals surface area contributed by atoms with Crippen LogP contribution in [0.25, 0.3) is 0 Å². The van der Waals surface area contributed by atoms with Gasteiger partial charge in [-0.25, -0.2) is 0 Å². The molecular weight excluding hydrogens is 136 g/mol. The first-order valence-corrected chi connectivity index (χ1v) is 3.40. The Morgan fingerprint density at radius 3 is 2.60 bits per heavy atom. The molecule has 3 heterocycles. The minimum Gasteiger partial charge on any atom is -0.364 e. The Labute approximate surface area is 58.4 Å². The number of aliphatic hydroxyl groups excluding tert-OH is 1. The van der Waals surface area contributed by atoms with Gasteiger partial charge in [0.25, 0.3) is 0 Å². The molecule has 2 bridgehead atoms. The Morgan fingerprint density at radius 2 is 2.30 bits per heavy atom. The van der Waals surface area contributed by atoms with Gasteiger partial charge in [-0.05, 0) is 6.42 Å². The Balaban J connectivity index is 2.17. The number of ether oxygens (including phenoxy) is 2. The summed E-state index contributed by atoms with van der Waals surface area (Å²) in [4.78, 5) is 0. The van der Waals surface area contributed by atoms with Crippen LogP contribution in [-0.4, -0.2) is 35.0 Å². The third-order valence-corrected chi connectivity index (χ3v) is 2.05. The van der Waals surface area contributed by atoms with Crippen molar-refractivity contribution in [3.63, 3.8) is 0 Å². The van der Waals surface area contributed by atoms with E-state index in [2.05, 4.69) is 0 Å². The minimum atomic E-state index is -1.42. The van der Waals surface area contributed by atoms with Crippen molar-refractivity contribution in [2.75, 3.05) is 6.61 Å². The number of fused-ring (bicyclic) bond motifs is 3. The van der Waals surface area contributed by atoms with Crippen molar-refractivity contribution in [2.24, 2.45) is 0 Å². The molecule has 0 aromatic carbocycles. The van der Waals surface area contributed by atoms with Crippen LogP contribution in [-0.2, 0) is 9.47 Å². The number of hydrogen-bond donors (Lipinski definition) is 2. The molecule has 3 atom stereocenters. The predicted molar refractivity (Wildman–Crippen MR) is 31.0 cm³/mol. The first kappa shape index (κ1) is 6.54. The van der Waals surface area contributed by atoms with Gasteiger partial charge in [0.1, 0.15) is 0 Å². The third-order valence-electron chi connectivity index (χ3n) is 2.05. The van der Waals surface area contributed by atoms with Gasteiger partial charge >= 0.3 is 0 Å². The highest BCUT2D eigenvalue weighted by molar-refractivity contribution is 4.84. The molecule has 4 heteroatoms. The van der Waals surface area contributed by atoms with Gasteiger partial charge in [-0.15, -0.1) is 0 Å². The van der Waals surface area contributed by atoms with Crippen LogP contribution in [0.5, 0.6) is 0 Å².